The number of methoxy groups -OCH3 is 1. The molecule has 0 saturated heterocycles. The first-order valence-corrected chi connectivity index (χ1v) is 6.38. The van der Waals surface area contributed by atoms with Crippen molar-refractivity contribution >= 4 is 0 Å². The molecule has 2 nitrogen and oxygen atoms in total. The molecule has 0 heterocycles. The van der Waals surface area contributed by atoms with E-state index in [4.69, 9.17) is 10.5 Å². The molecule has 96 valence electrons. The van der Waals surface area contributed by atoms with Crippen molar-refractivity contribution in [2.75, 3.05) is 7.11 Å². The zero-order valence-corrected chi connectivity index (χ0v) is 11.7. The van der Waals surface area contributed by atoms with Crippen LogP contribution in [0.3, 0.4) is 0 Å². The summed E-state index contributed by atoms with van der Waals surface area (Å²) in [7, 11) is 1.74. The van der Waals surface area contributed by atoms with Gasteiger partial charge in [0.05, 0.1) is 7.11 Å². The fraction of sp³-hybridized carbons (Fsp3) is 0.600. The molecular weight excluding hydrogens is 210 g/mol. The predicted molar refractivity (Wildman–Crippen MR) is 73.8 cm³/mol. The quantitative estimate of drug-likeness (QED) is 0.849. The Hall–Kier alpha value is -1.02. The number of nitrogens with two attached hydrogens (primary N) is 1. The van der Waals surface area contributed by atoms with Gasteiger partial charge in [0.25, 0.3) is 0 Å². The maximum Gasteiger partial charge on any atom is 0.122 e. The lowest BCUT2D eigenvalue weighted by molar-refractivity contribution is 0.407. The van der Waals surface area contributed by atoms with Crippen molar-refractivity contribution in [3.05, 3.63) is 28.8 Å². The van der Waals surface area contributed by atoms with E-state index in [1.807, 2.05) is 0 Å². The van der Waals surface area contributed by atoms with Gasteiger partial charge in [-0.05, 0) is 55.4 Å². The molecule has 0 amide bonds. The lowest BCUT2D eigenvalue weighted by Gasteiger charge is -2.16. The van der Waals surface area contributed by atoms with Crippen LogP contribution in [0.2, 0.25) is 0 Å². The van der Waals surface area contributed by atoms with E-state index in [2.05, 4.69) is 39.8 Å². The van der Waals surface area contributed by atoms with Gasteiger partial charge in [0.1, 0.15) is 5.75 Å². The molecule has 2 heteroatoms. The van der Waals surface area contributed by atoms with Gasteiger partial charge in [-0.2, -0.15) is 0 Å². The van der Waals surface area contributed by atoms with Crippen molar-refractivity contribution in [3.8, 4) is 5.75 Å². The van der Waals surface area contributed by atoms with Gasteiger partial charge in [-0.15, -0.1) is 0 Å². The van der Waals surface area contributed by atoms with Crippen molar-refractivity contribution in [1.82, 2.24) is 0 Å². The van der Waals surface area contributed by atoms with E-state index in [-0.39, 0.29) is 6.04 Å². The molecule has 1 unspecified atom stereocenters. The normalized spacial score (nSPS) is 12.9. The lowest BCUT2D eigenvalue weighted by atomic mass is 9.93. The fourth-order valence-electron chi connectivity index (χ4n) is 2.03. The van der Waals surface area contributed by atoms with Crippen LogP contribution in [0, 0.1) is 6.92 Å². The van der Waals surface area contributed by atoms with Crippen molar-refractivity contribution in [2.45, 2.75) is 52.5 Å². The summed E-state index contributed by atoms with van der Waals surface area (Å²) in [5.74, 6) is 1.49. The average molecular weight is 235 g/mol. The summed E-state index contributed by atoms with van der Waals surface area (Å²) in [6.45, 7) is 8.59. The molecule has 0 aliphatic carbocycles. The highest BCUT2D eigenvalue weighted by atomic mass is 16.5. The van der Waals surface area contributed by atoms with E-state index >= 15 is 0 Å². The third kappa shape index (κ3) is 3.74. The van der Waals surface area contributed by atoms with Gasteiger partial charge >= 0.3 is 0 Å². The van der Waals surface area contributed by atoms with Crippen molar-refractivity contribution < 1.29 is 4.74 Å². The van der Waals surface area contributed by atoms with Gasteiger partial charge in [0.15, 0.2) is 0 Å². The average Bonchev–Trinajstić information content (AvgIpc) is 2.26. The first-order chi connectivity index (χ1) is 7.95. The molecule has 1 aromatic carbocycles. The Morgan fingerprint density at radius 2 is 1.88 bits per heavy atom. The number of hydrogen-bond donors (Lipinski definition) is 1. The van der Waals surface area contributed by atoms with Gasteiger partial charge in [-0.3, -0.25) is 0 Å². The SMILES string of the molecule is COc1cc(C)c(CCC(C)N)cc1C(C)C. The highest BCUT2D eigenvalue weighted by Crippen LogP contribution is 2.30. The Morgan fingerprint density at radius 3 is 2.35 bits per heavy atom. The van der Waals surface area contributed by atoms with Crippen LogP contribution in [0.4, 0.5) is 0 Å². The summed E-state index contributed by atoms with van der Waals surface area (Å²) in [6, 6.07) is 4.69. The third-order valence-corrected chi connectivity index (χ3v) is 3.18. The summed E-state index contributed by atoms with van der Waals surface area (Å²) in [4.78, 5) is 0. The molecule has 17 heavy (non-hydrogen) atoms. The first-order valence-electron chi connectivity index (χ1n) is 6.38. The molecule has 1 atom stereocenters. The molecule has 1 aromatic rings. The number of aryl methyl sites for hydroxylation is 2. The monoisotopic (exact) mass is 235 g/mol. The van der Waals surface area contributed by atoms with Crippen molar-refractivity contribution in [3.63, 3.8) is 0 Å². The Morgan fingerprint density at radius 1 is 1.24 bits per heavy atom. The number of hydrogen-bond acceptors (Lipinski definition) is 2. The molecule has 0 saturated carbocycles. The maximum absolute atomic E-state index is 5.82. The largest absolute Gasteiger partial charge is 0.496 e. The van der Waals surface area contributed by atoms with Crippen LogP contribution in [0.1, 0.15) is 49.8 Å². The molecule has 0 aliphatic rings. The van der Waals surface area contributed by atoms with Gasteiger partial charge in [-0.25, -0.2) is 0 Å². The summed E-state index contributed by atoms with van der Waals surface area (Å²) in [6.07, 6.45) is 2.08. The van der Waals surface area contributed by atoms with E-state index in [1.54, 1.807) is 7.11 Å². The number of ether oxygens (including phenoxy) is 1. The van der Waals surface area contributed by atoms with Crippen LogP contribution < -0.4 is 10.5 Å². The fourth-order valence-corrected chi connectivity index (χ4v) is 2.03. The van der Waals surface area contributed by atoms with E-state index in [1.165, 1.54) is 16.7 Å². The summed E-state index contributed by atoms with van der Waals surface area (Å²) in [5.41, 5.74) is 9.80. The highest BCUT2D eigenvalue weighted by Gasteiger charge is 2.11. The van der Waals surface area contributed by atoms with Crippen LogP contribution in [0.15, 0.2) is 12.1 Å². The Labute approximate surface area is 105 Å². The standard InChI is InChI=1S/C15H25NO/c1-10(2)14-9-13(7-6-12(4)16)11(3)8-15(14)17-5/h8-10,12H,6-7,16H2,1-5H3. The lowest BCUT2D eigenvalue weighted by Crippen LogP contribution is -2.15. The molecule has 0 spiro atoms. The summed E-state index contributed by atoms with van der Waals surface area (Å²) in [5, 5.41) is 0. The van der Waals surface area contributed by atoms with Crippen molar-refractivity contribution in [2.24, 2.45) is 5.73 Å². The Kier molecular flexibility index (Phi) is 5.01. The molecular formula is C15H25NO. The predicted octanol–water partition coefficient (Wildman–Crippen LogP) is 3.41. The molecule has 1 rings (SSSR count). The van der Waals surface area contributed by atoms with E-state index in [9.17, 15) is 0 Å². The van der Waals surface area contributed by atoms with Crippen LogP contribution in [-0.2, 0) is 6.42 Å². The topological polar surface area (TPSA) is 35.2 Å². The minimum absolute atomic E-state index is 0.263. The second-order valence-electron chi connectivity index (χ2n) is 5.19. The second-order valence-corrected chi connectivity index (χ2v) is 5.19. The first kappa shape index (κ1) is 14.0. The number of benzene rings is 1. The highest BCUT2D eigenvalue weighted by molar-refractivity contribution is 5.44. The molecule has 0 aromatic heterocycles. The van der Waals surface area contributed by atoms with Crippen LogP contribution in [0.5, 0.6) is 5.75 Å². The molecule has 2 N–H and O–H groups in total. The Balaban J connectivity index is 3.02. The maximum atomic E-state index is 5.82. The van der Waals surface area contributed by atoms with Crippen molar-refractivity contribution in [1.29, 1.82) is 0 Å². The minimum atomic E-state index is 0.263. The minimum Gasteiger partial charge on any atom is -0.496 e. The van der Waals surface area contributed by atoms with Gasteiger partial charge in [0, 0.05) is 6.04 Å². The molecule has 0 aliphatic heterocycles. The smallest absolute Gasteiger partial charge is 0.122 e. The van der Waals surface area contributed by atoms with Gasteiger partial charge in [0.2, 0.25) is 0 Å². The second kappa shape index (κ2) is 6.06. The molecule has 0 bridgehead atoms. The van der Waals surface area contributed by atoms with Crippen LogP contribution >= 0.6 is 0 Å². The van der Waals surface area contributed by atoms with Gasteiger partial charge in [-0.1, -0.05) is 19.9 Å². The van der Waals surface area contributed by atoms with E-state index in [0.717, 1.165) is 18.6 Å². The van der Waals surface area contributed by atoms with E-state index in [0.29, 0.717) is 5.92 Å². The summed E-state index contributed by atoms with van der Waals surface area (Å²) >= 11 is 0. The molecule has 0 fully saturated rings. The summed E-state index contributed by atoms with van der Waals surface area (Å²) < 4.78 is 5.44. The Bertz CT molecular complexity index is 369. The molecule has 0 radical (unpaired) electrons. The van der Waals surface area contributed by atoms with E-state index < -0.39 is 0 Å². The third-order valence-electron chi connectivity index (χ3n) is 3.18. The number of rotatable bonds is 5. The van der Waals surface area contributed by atoms with Gasteiger partial charge < -0.3 is 10.5 Å². The zero-order chi connectivity index (χ0) is 13.0. The zero-order valence-electron chi connectivity index (χ0n) is 11.7. The van der Waals surface area contributed by atoms with Crippen LogP contribution in [0.25, 0.3) is 0 Å². The van der Waals surface area contributed by atoms with Crippen LogP contribution in [-0.4, -0.2) is 13.2 Å².